The summed E-state index contributed by atoms with van der Waals surface area (Å²) in [4.78, 5) is 2.52. The maximum atomic E-state index is 7.07. The highest BCUT2D eigenvalue weighted by molar-refractivity contribution is 6.19. The number of furan rings is 1. The van der Waals surface area contributed by atoms with E-state index in [4.69, 9.17) is 9.15 Å². The van der Waals surface area contributed by atoms with Crippen LogP contribution in [-0.4, -0.2) is 0 Å². The van der Waals surface area contributed by atoms with Crippen molar-refractivity contribution in [3.8, 4) is 61.4 Å². The zero-order valence-electron chi connectivity index (χ0n) is 44.0. The molecule has 0 spiro atoms. The molecule has 3 aliphatic carbocycles. The third kappa shape index (κ3) is 5.88. The molecule has 2 heterocycles. The Bertz CT molecular complexity index is 4070. The molecule has 9 aromatic carbocycles. The van der Waals surface area contributed by atoms with Crippen molar-refractivity contribution < 1.29 is 9.15 Å². The molecule has 14 rings (SSSR count). The minimum atomic E-state index is -0.336. The van der Waals surface area contributed by atoms with E-state index in [0.717, 1.165) is 39.2 Å². The lowest BCUT2D eigenvalue weighted by atomic mass is 9.71. The monoisotopic (exact) mass is 947 g/mol. The fourth-order valence-electron chi connectivity index (χ4n) is 14.1. The van der Waals surface area contributed by atoms with E-state index in [9.17, 15) is 0 Å². The van der Waals surface area contributed by atoms with Crippen molar-refractivity contribution in [2.45, 2.75) is 104 Å². The van der Waals surface area contributed by atoms with Crippen LogP contribution < -0.4 is 9.64 Å². The maximum Gasteiger partial charge on any atom is 0.143 e. The Balaban J connectivity index is 0.981. The third-order valence-corrected chi connectivity index (χ3v) is 17.6. The van der Waals surface area contributed by atoms with E-state index in [1.54, 1.807) is 0 Å². The minimum absolute atomic E-state index is 0.0592. The summed E-state index contributed by atoms with van der Waals surface area (Å²) < 4.78 is 14.0. The summed E-state index contributed by atoms with van der Waals surface area (Å²) in [6, 6.07) is 59.4. The molecule has 3 nitrogen and oxygen atoms in total. The Morgan fingerprint density at radius 2 is 1.08 bits per heavy atom. The summed E-state index contributed by atoms with van der Waals surface area (Å²) in [5, 5.41) is 2.36. The van der Waals surface area contributed by atoms with E-state index in [1.165, 1.54) is 117 Å². The number of hydrogen-bond donors (Lipinski definition) is 0. The van der Waals surface area contributed by atoms with Crippen molar-refractivity contribution in [3.05, 3.63) is 213 Å². The molecule has 0 fully saturated rings. The van der Waals surface area contributed by atoms with Crippen molar-refractivity contribution in [3.63, 3.8) is 0 Å². The number of benzene rings is 9. The topological polar surface area (TPSA) is 25.6 Å². The number of hydrogen-bond acceptors (Lipinski definition) is 3. The van der Waals surface area contributed by atoms with Gasteiger partial charge in [-0.25, -0.2) is 0 Å². The number of rotatable bonds is 4. The molecular weight excluding hydrogens is 887 g/mol. The van der Waals surface area contributed by atoms with E-state index < -0.39 is 0 Å². The first-order chi connectivity index (χ1) is 35.0. The van der Waals surface area contributed by atoms with Crippen LogP contribution in [0, 0.1) is 13.8 Å². The highest BCUT2D eigenvalue weighted by Gasteiger charge is 2.50. The second kappa shape index (κ2) is 14.8. The summed E-state index contributed by atoms with van der Waals surface area (Å²) in [5.74, 6) is 1.02. The van der Waals surface area contributed by atoms with Crippen molar-refractivity contribution >= 4 is 39.0 Å². The zero-order chi connectivity index (χ0) is 50.2. The van der Waals surface area contributed by atoms with Gasteiger partial charge in [0.1, 0.15) is 23.5 Å². The molecule has 0 N–H and O–H groups in total. The van der Waals surface area contributed by atoms with Crippen LogP contribution in [-0.2, 0) is 28.3 Å². The van der Waals surface area contributed by atoms with Crippen LogP contribution in [0.3, 0.4) is 0 Å². The zero-order valence-corrected chi connectivity index (χ0v) is 44.0. The van der Waals surface area contributed by atoms with E-state index in [2.05, 4.69) is 239 Å². The first-order valence-corrected chi connectivity index (χ1v) is 26.3. The van der Waals surface area contributed by atoms with E-state index >= 15 is 0 Å². The van der Waals surface area contributed by atoms with Crippen LogP contribution in [0.4, 0.5) is 17.1 Å². The summed E-state index contributed by atoms with van der Waals surface area (Å²) in [7, 11) is 0. The predicted molar refractivity (Wildman–Crippen MR) is 304 cm³/mol. The molecule has 0 amide bonds. The van der Waals surface area contributed by atoms with Gasteiger partial charge in [0.25, 0.3) is 0 Å². The van der Waals surface area contributed by atoms with E-state index in [1.807, 2.05) is 0 Å². The Morgan fingerprint density at radius 1 is 0.479 bits per heavy atom. The predicted octanol–water partition coefficient (Wildman–Crippen LogP) is 19.1. The average Bonchev–Trinajstić information content (AvgIpc) is 4.02. The van der Waals surface area contributed by atoms with E-state index in [0.29, 0.717) is 6.61 Å². The molecule has 73 heavy (non-hydrogen) atoms. The van der Waals surface area contributed by atoms with Gasteiger partial charge in [0.05, 0.1) is 0 Å². The Hall–Kier alpha value is -7.62. The SMILES string of the molecule is Cc1ccc(N(c2ccc3c(c2)C(C)(C)c2cc(-c4ccccc4C(C)(C)C)c4oc5ccccc5c4c2-3)c2ccc3c(c2)C(C)(C)c2c-3c3c(c4c2C(C)(C)c2ccccc2-4)-c2ccccc2CO3)c(C)c1. The second-order valence-electron chi connectivity index (χ2n) is 24.1. The number of anilines is 3. The molecular formula is C70H61NO2. The molecule has 0 atom stereocenters. The third-order valence-electron chi connectivity index (χ3n) is 17.6. The Labute approximate surface area is 430 Å². The van der Waals surface area contributed by atoms with Crippen molar-refractivity contribution in [1.29, 1.82) is 0 Å². The Morgan fingerprint density at radius 3 is 1.82 bits per heavy atom. The summed E-state index contributed by atoms with van der Waals surface area (Å²) in [5.41, 5.74) is 30.3. The fraction of sp³-hybridized carbons (Fsp3) is 0.229. The highest BCUT2D eigenvalue weighted by Crippen LogP contribution is 2.66. The minimum Gasteiger partial charge on any atom is -0.488 e. The average molecular weight is 948 g/mol. The van der Waals surface area contributed by atoms with Gasteiger partial charge in [0, 0.05) is 60.8 Å². The smallest absolute Gasteiger partial charge is 0.143 e. The quantitative estimate of drug-likeness (QED) is 0.176. The maximum absolute atomic E-state index is 7.07. The van der Waals surface area contributed by atoms with Crippen LogP contribution >= 0.6 is 0 Å². The fourth-order valence-corrected chi connectivity index (χ4v) is 14.1. The number of fused-ring (bicyclic) bond motifs is 19. The van der Waals surface area contributed by atoms with Gasteiger partial charge in [-0.15, -0.1) is 0 Å². The first-order valence-electron chi connectivity index (χ1n) is 26.3. The molecule has 358 valence electrons. The lowest BCUT2D eigenvalue weighted by molar-refractivity contribution is 0.303. The molecule has 1 aromatic heterocycles. The van der Waals surface area contributed by atoms with E-state index in [-0.39, 0.29) is 21.7 Å². The van der Waals surface area contributed by atoms with Crippen LogP contribution in [0.15, 0.2) is 162 Å². The molecule has 0 saturated heterocycles. The Kier molecular flexibility index (Phi) is 8.92. The van der Waals surface area contributed by atoms with Gasteiger partial charge in [-0.3, -0.25) is 0 Å². The molecule has 10 aromatic rings. The van der Waals surface area contributed by atoms with Crippen molar-refractivity contribution in [2.75, 3.05) is 4.90 Å². The summed E-state index contributed by atoms with van der Waals surface area (Å²) >= 11 is 0. The van der Waals surface area contributed by atoms with Crippen molar-refractivity contribution in [1.82, 2.24) is 0 Å². The molecule has 0 saturated carbocycles. The molecule has 1 aliphatic heterocycles. The molecule has 0 unspecified atom stereocenters. The largest absolute Gasteiger partial charge is 0.488 e. The summed E-state index contributed by atoms with van der Waals surface area (Å²) in [6.45, 7) is 26.6. The number of ether oxygens (including phenoxy) is 1. The second-order valence-corrected chi connectivity index (χ2v) is 24.1. The van der Waals surface area contributed by atoms with Gasteiger partial charge in [0.2, 0.25) is 0 Å². The molecule has 0 radical (unpaired) electrons. The highest BCUT2D eigenvalue weighted by atomic mass is 16.5. The van der Waals surface area contributed by atoms with Gasteiger partial charge >= 0.3 is 0 Å². The number of para-hydroxylation sites is 1. The van der Waals surface area contributed by atoms with Crippen LogP contribution in [0.5, 0.6) is 5.75 Å². The summed E-state index contributed by atoms with van der Waals surface area (Å²) in [6.07, 6.45) is 0. The van der Waals surface area contributed by atoms with Gasteiger partial charge in [-0.1, -0.05) is 183 Å². The lowest BCUT2D eigenvalue weighted by Crippen LogP contribution is -2.25. The van der Waals surface area contributed by atoms with Gasteiger partial charge in [0.15, 0.2) is 0 Å². The van der Waals surface area contributed by atoms with Gasteiger partial charge < -0.3 is 14.1 Å². The lowest BCUT2D eigenvalue weighted by Gasteiger charge is -2.34. The normalized spacial score (nSPS) is 15.7. The van der Waals surface area contributed by atoms with Crippen LogP contribution in [0.2, 0.25) is 0 Å². The standard InChI is InChI=1S/C70H61NO2/c1-39-28-33-56(40(2)34-39)71(42-29-31-47-53(35-42)68(6,7)55-37-50(45-22-14-17-25-51(45)67(3,4)5)65-61(58(47)55)49-24-16-19-27-57(49)73-65)43-30-32-48-54(36-43)70(10,11)64-62(48)66-60(44-21-13-12-20-41(44)38-72-66)59-46-23-15-18-26-52(46)69(8,9)63(59)64/h12-37H,38H2,1-11H3. The van der Waals surface area contributed by atoms with Crippen LogP contribution in [0.1, 0.15) is 118 Å². The van der Waals surface area contributed by atoms with Crippen molar-refractivity contribution in [2.24, 2.45) is 0 Å². The molecule has 4 aliphatic rings. The van der Waals surface area contributed by atoms with Crippen LogP contribution in [0.25, 0.3) is 77.6 Å². The van der Waals surface area contributed by atoms with Gasteiger partial charge in [-0.2, -0.15) is 0 Å². The first kappa shape index (κ1) is 44.1. The number of aryl methyl sites for hydroxylation is 2. The molecule has 3 heteroatoms. The molecule has 0 bridgehead atoms. The number of nitrogens with zero attached hydrogens (tertiary/aromatic N) is 1. The van der Waals surface area contributed by atoms with Gasteiger partial charge in [-0.05, 0) is 151 Å².